The van der Waals surface area contributed by atoms with Crippen molar-refractivity contribution in [1.29, 1.82) is 5.26 Å². The van der Waals surface area contributed by atoms with Gasteiger partial charge in [-0.25, -0.2) is 4.68 Å². The van der Waals surface area contributed by atoms with Gasteiger partial charge in [0.1, 0.15) is 5.69 Å². The van der Waals surface area contributed by atoms with E-state index in [0.29, 0.717) is 18.8 Å². The summed E-state index contributed by atoms with van der Waals surface area (Å²) in [6.07, 6.45) is 3.68. The molecule has 0 spiro atoms. The molecule has 2 aromatic heterocycles. The Labute approximate surface area is 181 Å². The second kappa shape index (κ2) is 9.51. The fraction of sp³-hybridized carbons (Fsp3) is 0.120. The molecule has 0 radical (unpaired) electrons. The lowest BCUT2D eigenvalue weighted by atomic mass is 10.1. The van der Waals surface area contributed by atoms with E-state index in [0.717, 1.165) is 22.5 Å². The Bertz CT molecular complexity index is 1180. The topological polar surface area (TPSA) is 74.8 Å². The van der Waals surface area contributed by atoms with Crippen molar-refractivity contribution in [3.8, 4) is 23.0 Å². The first-order valence-corrected chi connectivity index (χ1v) is 10.0. The lowest BCUT2D eigenvalue weighted by Gasteiger charge is -2.22. The summed E-state index contributed by atoms with van der Waals surface area (Å²) >= 11 is 0. The van der Waals surface area contributed by atoms with Crippen LogP contribution in [0.4, 0.5) is 0 Å². The zero-order chi connectivity index (χ0) is 21.5. The van der Waals surface area contributed by atoms with Crippen LogP contribution in [0.1, 0.15) is 22.5 Å². The van der Waals surface area contributed by atoms with Crippen LogP contribution in [-0.2, 0) is 6.54 Å². The molecule has 6 nitrogen and oxygen atoms in total. The van der Waals surface area contributed by atoms with Crippen LogP contribution in [0.3, 0.4) is 0 Å². The van der Waals surface area contributed by atoms with Crippen LogP contribution < -0.4 is 0 Å². The second-order valence-electron chi connectivity index (χ2n) is 7.02. The van der Waals surface area contributed by atoms with E-state index in [2.05, 4.69) is 11.1 Å². The highest BCUT2D eigenvalue weighted by Gasteiger charge is 2.23. The highest BCUT2D eigenvalue weighted by molar-refractivity contribution is 5.94. The fourth-order valence-corrected chi connectivity index (χ4v) is 3.36. The number of carbonyl (C=O) groups is 1. The van der Waals surface area contributed by atoms with Gasteiger partial charge in [0.2, 0.25) is 0 Å². The third-order valence-corrected chi connectivity index (χ3v) is 4.88. The number of hydrogen-bond acceptors (Lipinski definition) is 4. The molecule has 0 N–H and O–H groups in total. The molecule has 2 aromatic carbocycles. The molecule has 4 rings (SSSR count). The lowest BCUT2D eigenvalue weighted by molar-refractivity contribution is 0.0737. The van der Waals surface area contributed by atoms with Crippen molar-refractivity contribution in [3.05, 3.63) is 103 Å². The number of carbonyl (C=O) groups excluding carboxylic acids is 1. The van der Waals surface area contributed by atoms with Gasteiger partial charge in [-0.05, 0) is 29.8 Å². The van der Waals surface area contributed by atoms with Crippen molar-refractivity contribution >= 4 is 5.91 Å². The molecule has 4 aromatic rings. The number of hydrogen-bond donors (Lipinski definition) is 0. The number of nitrogens with zero attached hydrogens (tertiary/aromatic N) is 5. The zero-order valence-electron chi connectivity index (χ0n) is 16.9. The summed E-state index contributed by atoms with van der Waals surface area (Å²) in [6.45, 7) is 0.694. The van der Waals surface area contributed by atoms with E-state index in [-0.39, 0.29) is 12.3 Å². The molecular weight excluding hydrogens is 386 g/mol. The first-order valence-electron chi connectivity index (χ1n) is 10.0. The molecule has 0 aliphatic heterocycles. The summed E-state index contributed by atoms with van der Waals surface area (Å²) in [5.74, 6) is -0.183. The van der Waals surface area contributed by atoms with Gasteiger partial charge < -0.3 is 4.90 Å². The van der Waals surface area contributed by atoms with Crippen LogP contribution in [0, 0.1) is 11.3 Å². The third kappa shape index (κ3) is 4.68. The minimum atomic E-state index is -0.183. The van der Waals surface area contributed by atoms with Crippen molar-refractivity contribution < 1.29 is 4.79 Å². The van der Waals surface area contributed by atoms with Crippen LogP contribution in [-0.4, -0.2) is 32.1 Å². The van der Waals surface area contributed by atoms with Gasteiger partial charge in [0.15, 0.2) is 0 Å². The Hall–Kier alpha value is -4.24. The molecule has 0 fully saturated rings. The average molecular weight is 407 g/mol. The van der Waals surface area contributed by atoms with E-state index in [9.17, 15) is 4.79 Å². The van der Waals surface area contributed by atoms with Gasteiger partial charge in [0.05, 0.1) is 23.9 Å². The number of para-hydroxylation sites is 1. The number of pyridine rings is 1. The molecule has 6 heteroatoms. The quantitative estimate of drug-likeness (QED) is 0.452. The number of amides is 1. The normalized spacial score (nSPS) is 10.4. The number of benzene rings is 2. The summed E-state index contributed by atoms with van der Waals surface area (Å²) in [5, 5.41) is 13.8. The maximum Gasteiger partial charge on any atom is 0.272 e. The van der Waals surface area contributed by atoms with Crippen LogP contribution in [0.2, 0.25) is 0 Å². The second-order valence-corrected chi connectivity index (χ2v) is 7.02. The molecule has 0 atom stereocenters. The molecule has 0 unspecified atom stereocenters. The van der Waals surface area contributed by atoms with E-state index >= 15 is 0 Å². The predicted molar refractivity (Wildman–Crippen MR) is 118 cm³/mol. The lowest BCUT2D eigenvalue weighted by Crippen LogP contribution is -2.33. The van der Waals surface area contributed by atoms with Gasteiger partial charge in [0, 0.05) is 31.0 Å². The van der Waals surface area contributed by atoms with E-state index < -0.39 is 0 Å². The number of aromatic nitrogens is 3. The molecular formula is C25H21N5O. The maximum atomic E-state index is 13.6. The van der Waals surface area contributed by atoms with E-state index in [1.165, 1.54) is 0 Å². The Morgan fingerprint density at radius 3 is 2.42 bits per heavy atom. The zero-order valence-corrected chi connectivity index (χ0v) is 16.9. The molecule has 0 aliphatic rings. The first-order chi connectivity index (χ1) is 15.3. The Morgan fingerprint density at radius 1 is 1.00 bits per heavy atom. The largest absolute Gasteiger partial charge is 0.332 e. The van der Waals surface area contributed by atoms with Crippen LogP contribution in [0.5, 0.6) is 0 Å². The van der Waals surface area contributed by atoms with Crippen LogP contribution in [0.25, 0.3) is 16.9 Å². The summed E-state index contributed by atoms with van der Waals surface area (Å²) < 4.78 is 1.67. The third-order valence-electron chi connectivity index (χ3n) is 4.88. The van der Waals surface area contributed by atoms with E-state index in [1.807, 2.05) is 78.9 Å². The predicted octanol–water partition coefficient (Wildman–Crippen LogP) is 4.49. The number of nitriles is 1. The van der Waals surface area contributed by atoms with E-state index in [4.69, 9.17) is 10.4 Å². The SMILES string of the molecule is N#CCCN(Cc1cccnc1)C(=O)c1cc(-c2ccccc2)nn1-c1ccccc1. The van der Waals surface area contributed by atoms with Crippen LogP contribution in [0.15, 0.2) is 91.3 Å². The summed E-state index contributed by atoms with van der Waals surface area (Å²) in [4.78, 5) is 19.4. The molecule has 0 saturated heterocycles. The minimum Gasteiger partial charge on any atom is -0.332 e. The van der Waals surface area contributed by atoms with Gasteiger partial charge in [-0.2, -0.15) is 10.4 Å². The molecule has 2 heterocycles. The summed E-state index contributed by atoms with van der Waals surface area (Å²) in [7, 11) is 0. The first kappa shape index (κ1) is 20.0. The average Bonchev–Trinajstić information content (AvgIpc) is 3.29. The summed E-state index contributed by atoms with van der Waals surface area (Å²) in [6, 6.07) is 27.1. The number of rotatable bonds is 7. The highest BCUT2D eigenvalue weighted by atomic mass is 16.2. The Morgan fingerprint density at radius 2 is 1.74 bits per heavy atom. The summed E-state index contributed by atoms with van der Waals surface area (Å²) in [5.41, 5.74) is 3.81. The van der Waals surface area contributed by atoms with Crippen molar-refractivity contribution in [2.75, 3.05) is 6.54 Å². The molecule has 0 aliphatic carbocycles. The molecule has 0 saturated carbocycles. The minimum absolute atomic E-state index is 0.183. The van der Waals surface area contributed by atoms with Gasteiger partial charge in [-0.1, -0.05) is 54.6 Å². The molecule has 31 heavy (non-hydrogen) atoms. The van der Waals surface area contributed by atoms with Gasteiger partial charge in [-0.15, -0.1) is 0 Å². The Balaban J connectivity index is 1.75. The van der Waals surface area contributed by atoms with Gasteiger partial charge >= 0.3 is 0 Å². The Kier molecular flexibility index (Phi) is 6.15. The molecule has 0 bridgehead atoms. The van der Waals surface area contributed by atoms with Crippen molar-refractivity contribution in [1.82, 2.24) is 19.7 Å². The fourth-order valence-electron chi connectivity index (χ4n) is 3.36. The van der Waals surface area contributed by atoms with Gasteiger partial charge in [0.25, 0.3) is 5.91 Å². The van der Waals surface area contributed by atoms with E-state index in [1.54, 1.807) is 22.0 Å². The standard InChI is InChI=1S/C25H21N5O/c26-14-8-16-29(19-20-9-7-15-27-18-20)25(31)24-17-23(21-10-3-1-4-11-21)28-30(24)22-12-5-2-6-13-22/h1-7,9-13,15,17-18H,8,16,19H2. The maximum absolute atomic E-state index is 13.6. The van der Waals surface area contributed by atoms with Crippen molar-refractivity contribution in [3.63, 3.8) is 0 Å². The van der Waals surface area contributed by atoms with Crippen LogP contribution >= 0.6 is 0 Å². The highest BCUT2D eigenvalue weighted by Crippen LogP contribution is 2.23. The van der Waals surface area contributed by atoms with Gasteiger partial charge in [-0.3, -0.25) is 9.78 Å². The molecule has 1 amide bonds. The monoisotopic (exact) mass is 407 g/mol. The molecule has 152 valence electrons. The van der Waals surface area contributed by atoms with Crippen molar-refractivity contribution in [2.24, 2.45) is 0 Å². The van der Waals surface area contributed by atoms with Crippen molar-refractivity contribution in [2.45, 2.75) is 13.0 Å². The smallest absolute Gasteiger partial charge is 0.272 e.